The maximum Gasteiger partial charge on any atom is 0.374 e. The number of hydrogen-bond donors (Lipinski definition) is 1. The quantitative estimate of drug-likeness (QED) is 0.778. The molecule has 7 heteroatoms. The first-order valence-corrected chi connectivity index (χ1v) is 6.43. The van der Waals surface area contributed by atoms with Crippen molar-refractivity contribution in [3.63, 3.8) is 0 Å². The summed E-state index contributed by atoms with van der Waals surface area (Å²) in [6.07, 6.45) is 0. The standard InChI is InChI=1S/C12H11N3O3S/c1-5-7-4-8(19-11(7)15(3)14-5)9-10(12(16)17)18-6(2)13-9/h4H,1-3H3,(H,16,17). The highest BCUT2D eigenvalue weighted by Gasteiger charge is 2.22. The van der Waals surface area contributed by atoms with Crippen LogP contribution in [0.5, 0.6) is 0 Å². The van der Waals surface area contributed by atoms with Gasteiger partial charge in [0.2, 0.25) is 5.76 Å². The number of thiophene rings is 1. The maximum atomic E-state index is 11.1. The fraction of sp³-hybridized carbons (Fsp3) is 0.250. The Morgan fingerprint density at radius 2 is 2.21 bits per heavy atom. The highest BCUT2D eigenvalue weighted by molar-refractivity contribution is 7.21. The summed E-state index contributed by atoms with van der Waals surface area (Å²) < 4.78 is 6.92. The average Bonchev–Trinajstić information content (AvgIpc) is 2.96. The number of oxazole rings is 1. The van der Waals surface area contributed by atoms with E-state index in [1.807, 2.05) is 20.0 Å². The summed E-state index contributed by atoms with van der Waals surface area (Å²) >= 11 is 1.46. The molecular formula is C12H11N3O3S. The lowest BCUT2D eigenvalue weighted by Gasteiger charge is -1.92. The van der Waals surface area contributed by atoms with Gasteiger partial charge < -0.3 is 9.52 Å². The van der Waals surface area contributed by atoms with Crippen LogP contribution in [0, 0.1) is 13.8 Å². The van der Waals surface area contributed by atoms with Crippen LogP contribution < -0.4 is 0 Å². The van der Waals surface area contributed by atoms with Gasteiger partial charge in [-0.15, -0.1) is 11.3 Å². The van der Waals surface area contributed by atoms with Crippen molar-refractivity contribution in [3.8, 4) is 10.6 Å². The molecule has 0 spiro atoms. The van der Waals surface area contributed by atoms with Gasteiger partial charge in [-0.2, -0.15) is 5.10 Å². The number of carboxylic acids is 1. The third-order valence-corrected chi connectivity index (χ3v) is 4.07. The fourth-order valence-corrected chi connectivity index (χ4v) is 3.17. The van der Waals surface area contributed by atoms with E-state index in [-0.39, 0.29) is 5.76 Å². The first-order chi connectivity index (χ1) is 8.97. The van der Waals surface area contributed by atoms with Gasteiger partial charge in [-0.3, -0.25) is 4.68 Å². The van der Waals surface area contributed by atoms with E-state index in [0.717, 1.165) is 20.8 Å². The molecular weight excluding hydrogens is 266 g/mol. The predicted molar refractivity (Wildman–Crippen MR) is 70.5 cm³/mol. The molecule has 3 aromatic rings. The number of hydrogen-bond acceptors (Lipinski definition) is 5. The molecule has 0 aliphatic rings. The van der Waals surface area contributed by atoms with Crippen molar-refractivity contribution in [2.45, 2.75) is 13.8 Å². The number of fused-ring (bicyclic) bond motifs is 1. The molecule has 0 aliphatic heterocycles. The third-order valence-electron chi connectivity index (χ3n) is 2.86. The molecule has 1 N–H and O–H groups in total. The molecule has 19 heavy (non-hydrogen) atoms. The van der Waals surface area contributed by atoms with Crippen LogP contribution in [0.4, 0.5) is 0 Å². The molecule has 3 rings (SSSR count). The third kappa shape index (κ3) is 1.74. The second-order valence-corrected chi connectivity index (χ2v) is 5.28. The van der Waals surface area contributed by atoms with Gasteiger partial charge in [0.25, 0.3) is 0 Å². The lowest BCUT2D eigenvalue weighted by atomic mass is 10.2. The lowest BCUT2D eigenvalue weighted by molar-refractivity contribution is 0.0662. The minimum absolute atomic E-state index is 0.116. The number of carbonyl (C=O) groups is 1. The summed E-state index contributed by atoms with van der Waals surface area (Å²) in [4.78, 5) is 17.1. The molecule has 0 atom stereocenters. The van der Waals surface area contributed by atoms with Gasteiger partial charge in [0.15, 0.2) is 5.89 Å². The highest BCUT2D eigenvalue weighted by Crippen LogP contribution is 2.36. The van der Waals surface area contributed by atoms with Crippen LogP contribution in [0.2, 0.25) is 0 Å². The summed E-state index contributed by atoms with van der Waals surface area (Å²) in [5.41, 5.74) is 1.29. The molecule has 0 saturated heterocycles. The van der Waals surface area contributed by atoms with Crippen LogP contribution in [-0.4, -0.2) is 25.8 Å². The monoisotopic (exact) mass is 277 g/mol. The molecule has 98 valence electrons. The van der Waals surface area contributed by atoms with Gasteiger partial charge in [0.05, 0.1) is 10.6 Å². The summed E-state index contributed by atoms with van der Waals surface area (Å²) in [6.45, 7) is 3.56. The Balaban J connectivity index is 2.24. The molecule has 3 aromatic heterocycles. The zero-order chi connectivity index (χ0) is 13.7. The Morgan fingerprint density at radius 3 is 2.84 bits per heavy atom. The maximum absolute atomic E-state index is 11.1. The van der Waals surface area contributed by atoms with Gasteiger partial charge in [-0.1, -0.05) is 0 Å². The van der Waals surface area contributed by atoms with Crippen LogP contribution in [0.25, 0.3) is 20.8 Å². The van der Waals surface area contributed by atoms with Crippen molar-refractivity contribution in [2.24, 2.45) is 7.05 Å². The summed E-state index contributed by atoms with van der Waals surface area (Å²) in [7, 11) is 1.86. The van der Waals surface area contributed by atoms with Crippen LogP contribution in [0.3, 0.4) is 0 Å². The first-order valence-electron chi connectivity index (χ1n) is 5.61. The van der Waals surface area contributed by atoms with E-state index in [1.165, 1.54) is 11.3 Å². The van der Waals surface area contributed by atoms with Crippen LogP contribution in [-0.2, 0) is 7.05 Å². The second-order valence-electron chi connectivity index (χ2n) is 4.25. The Labute approximate surface area is 112 Å². The number of carboxylic acid groups (broad SMARTS) is 1. The molecule has 0 saturated carbocycles. The number of aryl methyl sites for hydroxylation is 3. The summed E-state index contributed by atoms with van der Waals surface area (Å²) in [5, 5.41) is 14.5. The number of aromatic nitrogens is 3. The van der Waals surface area contributed by atoms with Gasteiger partial charge in [-0.05, 0) is 13.0 Å². The Hall–Kier alpha value is -2.15. The van der Waals surface area contributed by atoms with Gasteiger partial charge in [-0.25, -0.2) is 9.78 Å². The molecule has 0 fully saturated rings. The van der Waals surface area contributed by atoms with Crippen LogP contribution >= 0.6 is 11.3 Å². The van der Waals surface area contributed by atoms with Crippen LogP contribution in [0.1, 0.15) is 22.1 Å². The Bertz CT molecular complexity index is 762. The van der Waals surface area contributed by atoms with Gasteiger partial charge in [0, 0.05) is 19.4 Å². The van der Waals surface area contributed by atoms with E-state index in [2.05, 4.69) is 10.1 Å². The minimum Gasteiger partial charge on any atom is -0.475 e. The van der Waals surface area contributed by atoms with Crippen molar-refractivity contribution in [1.82, 2.24) is 14.8 Å². The average molecular weight is 277 g/mol. The predicted octanol–water partition coefficient (Wildman–Crippen LogP) is 2.60. The lowest BCUT2D eigenvalue weighted by Crippen LogP contribution is -1.95. The molecule has 6 nitrogen and oxygen atoms in total. The van der Waals surface area contributed by atoms with Crippen molar-refractivity contribution >= 4 is 27.5 Å². The zero-order valence-electron chi connectivity index (χ0n) is 10.6. The Kier molecular flexibility index (Phi) is 2.46. The summed E-state index contributed by atoms with van der Waals surface area (Å²) in [6, 6.07) is 1.91. The van der Waals surface area contributed by atoms with Gasteiger partial charge >= 0.3 is 5.97 Å². The van der Waals surface area contributed by atoms with Crippen molar-refractivity contribution in [3.05, 3.63) is 23.4 Å². The van der Waals surface area contributed by atoms with E-state index in [1.54, 1.807) is 11.6 Å². The van der Waals surface area contributed by atoms with Crippen molar-refractivity contribution < 1.29 is 14.3 Å². The largest absolute Gasteiger partial charge is 0.475 e. The molecule has 3 heterocycles. The molecule has 0 radical (unpaired) electrons. The SMILES string of the molecule is Cc1nc(-c2cc3c(C)nn(C)c3s2)c(C(=O)O)o1. The molecule has 0 aromatic carbocycles. The number of rotatable bonds is 2. The second kappa shape index (κ2) is 3.92. The van der Waals surface area contributed by atoms with Crippen LogP contribution in [0.15, 0.2) is 10.5 Å². The van der Waals surface area contributed by atoms with E-state index in [9.17, 15) is 4.79 Å². The van der Waals surface area contributed by atoms with E-state index in [4.69, 9.17) is 9.52 Å². The van der Waals surface area contributed by atoms with Crippen molar-refractivity contribution in [1.29, 1.82) is 0 Å². The van der Waals surface area contributed by atoms with E-state index < -0.39 is 5.97 Å². The molecule has 0 bridgehead atoms. The number of nitrogens with zero attached hydrogens (tertiary/aromatic N) is 3. The first kappa shape index (κ1) is 11.9. The molecule has 0 aliphatic carbocycles. The van der Waals surface area contributed by atoms with Crippen molar-refractivity contribution in [2.75, 3.05) is 0 Å². The van der Waals surface area contributed by atoms with Gasteiger partial charge in [0.1, 0.15) is 10.5 Å². The topological polar surface area (TPSA) is 81.2 Å². The number of aromatic carboxylic acids is 1. The summed E-state index contributed by atoms with van der Waals surface area (Å²) in [5.74, 6) is -0.878. The minimum atomic E-state index is -1.11. The highest BCUT2D eigenvalue weighted by atomic mass is 32.1. The smallest absolute Gasteiger partial charge is 0.374 e. The van der Waals surface area contributed by atoms with E-state index >= 15 is 0 Å². The fourth-order valence-electron chi connectivity index (χ4n) is 2.06. The molecule has 0 amide bonds. The Morgan fingerprint density at radius 1 is 1.47 bits per heavy atom. The molecule has 0 unspecified atom stereocenters. The van der Waals surface area contributed by atoms with E-state index in [0.29, 0.717) is 11.6 Å². The normalized spacial score (nSPS) is 11.3. The zero-order valence-corrected chi connectivity index (χ0v) is 11.4.